The first-order valence-corrected chi connectivity index (χ1v) is 5.14. The van der Waals surface area contributed by atoms with Gasteiger partial charge in [-0.05, 0) is 6.54 Å². The molecule has 82 valence electrons. The van der Waals surface area contributed by atoms with E-state index in [-0.39, 0.29) is 5.78 Å². The zero-order valence-electron chi connectivity index (χ0n) is 8.81. The monoisotopic (exact) mass is 215 g/mol. The normalized spacial score (nSPS) is 10.3. The summed E-state index contributed by atoms with van der Waals surface area (Å²) in [5, 5.41) is 0. The molecule has 0 aliphatic carbocycles. The van der Waals surface area contributed by atoms with Crippen molar-refractivity contribution in [2.75, 3.05) is 6.54 Å². The molecule has 2 aromatic rings. The maximum atomic E-state index is 11.5. The first kappa shape index (κ1) is 10.6. The number of ketones is 1. The van der Waals surface area contributed by atoms with Crippen LogP contribution in [0.4, 0.5) is 0 Å². The minimum atomic E-state index is 0.0773. The molecule has 0 saturated carbocycles. The Labute approximate surface area is 93.5 Å². The highest BCUT2D eigenvalue weighted by atomic mass is 16.1. The van der Waals surface area contributed by atoms with Crippen LogP contribution in [0.2, 0.25) is 0 Å². The lowest BCUT2D eigenvalue weighted by atomic mass is 10.1. The quantitative estimate of drug-likeness (QED) is 0.761. The van der Waals surface area contributed by atoms with Crippen LogP contribution in [-0.2, 0) is 0 Å². The van der Waals surface area contributed by atoms with Crippen molar-refractivity contribution in [2.45, 2.75) is 6.42 Å². The van der Waals surface area contributed by atoms with Crippen molar-refractivity contribution >= 4 is 5.78 Å². The van der Waals surface area contributed by atoms with Gasteiger partial charge in [0.25, 0.3) is 0 Å². The summed E-state index contributed by atoms with van der Waals surface area (Å²) in [6, 6.07) is 7.36. The highest BCUT2D eigenvalue weighted by molar-refractivity contribution is 5.96. The highest BCUT2D eigenvalue weighted by Gasteiger charge is 2.05. The molecule has 4 nitrogen and oxygen atoms in total. The Morgan fingerprint density at radius 2 is 2.06 bits per heavy atom. The number of imidazole rings is 1. The van der Waals surface area contributed by atoms with Crippen LogP contribution in [0.25, 0.3) is 11.4 Å². The second-order valence-electron chi connectivity index (χ2n) is 3.48. The van der Waals surface area contributed by atoms with E-state index in [9.17, 15) is 4.79 Å². The van der Waals surface area contributed by atoms with Crippen LogP contribution < -0.4 is 5.73 Å². The van der Waals surface area contributed by atoms with E-state index >= 15 is 0 Å². The van der Waals surface area contributed by atoms with Gasteiger partial charge in [0.15, 0.2) is 5.78 Å². The lowest BCUT2D eigenvalue weighted by Gasteiger charge is -2.00. The van der Waals surface area contributed by atoms with Gasteiger partial charge < -0.3 is 10.7 Å². The molecule has 16 heavy (non-hydrogen) atoms. The van der Waals surface area contributed by atoms with E-state index in [1.165, 1.54) is 0 Å². The summed E-state index contributed by atoms with van der Waals surface area (Å²) >= 11 is 0. The van der Waals surface area contributed by atoms with E-state index in [0.717, 1.165) is 11.4 Å². The summed E-state index contributed by atoms with van der Waals surface area (Å²) < 4.78 is 0. The van der Waals surface area contributed by atoms with Crippen LogP contribution in [0.1, 0.15) is 16.8 Å². The summed E-state index contributed by atoms with van der Waals surface area (Å²) in [5.41, 5.74) is 7.00. The predicted octanol–water partition coefficient (Wildman–Crippen LogP) is 1.61. The lowest BCUT2D eigenvalue weighted by molar-refractivity contribution is 0.0985. The molecule has 0 saturated heterocycles. The number of Topliss-reactive ketones (excluding diaryl/α,β-unsaturated/α-hetero) is 1. The Morgan fingerprint density at radius 3 is 2.62 bits per heavy atom. The van der Waals surface area contributed by atoms with Crippen molar-refractivity contribution in [2.24, 2.45) is 5.73 Å². The largest absolute Gasteiger partial charge is 0.345 e. The van der Waals surface area contributed by atoms with Gasteiger partial charge in [-0.25, -0.2) is 4.98 Å². The Morgan fingerprint density at radius 1 is 1.31 bits per heavy atom. The van der Waals surface area contributed by atoms with E-state index in [0.29, 0.717) is 18.5 Å². The molecule has 0 spiro atoms. The van der Waals surface area contributed by atoms with Crippen LogP contribution >= 0.6 is 0 Å². The predicted molar refractivity (Wildman–Crippen MR) is 62.0 cm³/mol. The zero-order chi connectivity index (χ0) is 11.4. The summed E-state index contributed by atoms with van der Waals surface area (Å²) in [6.07, 6.45) is 3.85. The van der Waals surface area contributed by atoms with E-state index in [1.54, 1.807) is 24.5 Å². The Hall–Kier alpha value is -1.94. The van der Waals surface area contributed by atoms with Crippen molar-refractivity contribution in [1.82, 2.24) is 9.97 Å². The van der Waals surface area contributed by atoms with Crippen LogP contribution in [0.3, 0.4) is 0 Å². The first-order valence-electron chi connectivity index (χ1n) is 5.14. The van der Waals surface area contributed by atoms with E-state index < -0.39 is 0 Å². The Bertz CT molecular complexity index is 460. The summed E-state index contributed by atoms with van der Waals surface area (Å²) in [5.74, 6) is 0.881. The molecule has 1 heterocycles. The van der Waals surface area contributed by atoms with Crippen molar-refractivity contribution in [3.8, 4) is 11.4 Å². The molecule has 0 unspecified atom stereocenters. The standard InChI is InChI=1S/C12H13N3O/c13-6-5-11(16)9-1-3-10(4-2-9)12-14-7-8-15-12/h1-4,7-8H,5-6,13H2,(H,14,15). The number of hydrogen-bond donors (Lipinski definition) is 2. The molecule has 3 N–H and O–H groups in total. The van der Waals surface area contributed by atoms with Gasteiger partial charge in [-0.3, -0.25) is 4.79 Å². The fourth-order valence-electron chi connectivity index (χ4n) is 1.51. The lowest BCUT2D eigenvalue weighted by Crippen LogP contribution is -2.07. The molecule has 0 aliphatic rings. The van der Waals surface area contributed by atoms with Crippen LogP contribution in [0.15, 0.2) is 36.7 Å². The van der Waals surface area contributed by atoms with Crippen LogP contribution in [0, 0.1) is 0 Å². The number of aromatic nitrogens is 2. The third-order valence-electron chi connectivity index (χ3n) is 2.35. The fourth-order valence-corrected chi connectivity index (χ4v) is 1.51. The van der Waals surface area contributed by atoms with Crippen LogP contribution in [0.5, 0.6) is 0 Å². The average Bonchev–Trinajstić information content (AvgIpc) is 2.83. The molecule has 1 aromatic carbocycles. The number of rotatable bonds is 4. The molecule has 0 radical (unpaired) electrons. The highest BCUT2D eigenvalue weighted by Crippen LogP contribution is 2.15. The van der Waals surface area contributed by atoms with Crippen molar-refractivity contribution in [3.05, 3.63) is 42.2 Å². The second-order valence-corrected chi connectivity index (χ2v) is 3.48. The van der Waals surface area contributed by atoms with Gasteiger partial charge in [0.2, 0.25) is 0 Å². The smallest absolute Gasteiger partial charge is 0.164 e. The summed E-state index contributed by atoms with van der Waals surface area (Å²) in [4.78, 5) is 18.7. The van der Waals surface area contributed by atoms with Crippen molar-refractivity contribution < 1.29 is 4.79 Å². The van der Waals surface area contributed by atoms with Gasteiger partial charge in [0.05, 0.1) is 0 Å². The number of nitrogens with two attached hydrogens (primary N) is 1. The minimum Gasteiger partial charge on any atom is -0.345 e. The van der Waals surface area contributed by atoms with Gasteiger partial charge in [0, 0.05) is 29.9 Å². The number of carbonyl (C=O) groups excluding carboxylic acids is 1. The molecular weight excluding hydrogens is 202 g/mol. The van der Waals surface area contributed by atoms with Gasteiger partial charge in [-0.15, -0.1) is 0 Å². The molecule has 0 amide bonds. The molecule has 0 bridgehead atoms. The maximum Gasteiger partial charge on any atom is 0.164 e. The third-order valence-corrected chi connectivity index (χ3v) is 2.35. The van der Waals surface area contributed by atoms with E-state index in [2.05, 4.69) is 9.97 Å². The molecule has 0 atom stereocenters. The number of H-pyrrole nitrogens is 1. The van der Waals surface area contributed by atoms with E-state index in [1.807, 2.05) is 12.1 Å². The average molecular weight is 215 g/mol. The number of nitrogens with one attached hydrogen (secondary N) is 1. The van der Waals surface area contributed by atoms with Gasteiger partial charge in [0.1, 0.15) is 5.82 Å². The van der Waals surface area contributed by atoms with Gasteiger partial charge >= 0.3 is 0 Å². The third kappa shape index (κ3) is 2.17. The topological polar surface area (TPSA) is 71.8 Å². The minimum absolute atomic E-state index is 0.0773. The van der Waals surface area contributed by atoms with Crippen molar-refractivity contribution in [1.29, 1.82) is 0 Å². The molecular formula is C12H13N3O. The number of benzene rings is 1. The first-order chi connectivity index (χ1) is 7.81. The molecule has 0 aliphatic heterocycles. The van der Waals surface area contributed by atoms with E-state index in [4.69, 9.17) is 5.73 Å². The Kier molecular flexibility index (Phi) is 3.12. The second kappa shape index (κ2) is 4.72. The summed E-state index contributed by atoms with van der Waals surface area (Å²) in [7, 11) is 0. The SMILES string of the molecule is NCCC(=O)c1ccc(-c2ncc[nH]2)cc1. The maximum absolute atomic E-state index is 11.5. The number of aromatic amines is 1. The van der Waals surface area contributed by atoms with Gasteiger partial charge in [-0.2, -0.15) is 0 Å². The molecule has 4 heteroatoms. The Balaban J connectivity index is 2.20. The fraction of sp³-hybridized carbons (Fsp3) is 0.167. The van der Waals surface area contributed by atoms with Crippen LogP contribution in [-0.4, -0.2) is 22.3 Å². The van der Waals surface area contributed by atoms with Gasteiger partial charge in [-0.1, -0.05) is 24.3 Å². The molecule has 1 aromatic heterocycles. The number of carbonyl (C=O) groups is 1. The van der Waals surface area contributed by atoms with Crippen molar-refractivity contribution in [3.63, 3.8) is 0 Å². The molecule has 0 fully saturated rings. The number of nitrogens with zero attached hydrogens (tertiary/aromatic N) is 1. The number of hydrogen-bond acceptors (Lipinski definition) is 3. The molecule has 2 rings (SSSR count). The summed E-state index contributed by atoms with van der Waals surface area (Å²) in [6.45, 7) is 0.388. The zero-order valence-corrected chi connectivity index (χ0v) is 8.81.